The number of piperidine rings is 1. The van der Waals surface area contributed by atoms with Gasteiger partial charge in [-0.15, -0.1) is 12.4 Å². The van der Waals surface area contributed by atoms with E-state index < -0.39 is 23.9 Å². The molecule has 0 radical (unpaired) electrons. The topological polar surface area (TPSA) is 49.3 Å². The fraction of sp³-hybridized carbons (Fsp3) is 0.857. The first-order valence-corrected chi connectivity index (χ1v) is 3.87. The molecule has 3 nitrogen and oxygen atoms in total. The van der Waals surface area contributed by atoms with Gasteiger partial charge in [-0.3, -0.25) is 4.79 Å². The van der Waals surface area contributed by atoms with E-state index in [0.717, 1.165) is 0 Å². The molecule has 2 bridgehead atoms. The molecule has 1 saturated carbocycles. The maximum absolute atomic E-state index is 12.9. The van der Waals surface area contributed by atoms with E-state index in [2.05, 4.69) is 5.32 Å². The highest BCUT2D eigenvalue weighted by Crippen LogP contribution is 2.46. The fourth-order valence-corrected chi connectivity index (χ4v) is 2.16. The number of nitrogens with one attached hydrogen (secondary N) is 1. The van der Waals surface area contributed by atoms with E-state index in [-0.39, 0.29) is 24.9 Å². The molecule has 2 rings (SSSR count). The molecular weight excluding hydrogens is 204 g/mol. The molecule has 0 aromatic heterocycles. The number of alkyl halides is 2. The quantitative estimate of drug-likeness (QED) is 0.680. The third kappa shape index (κ3) is 1.50. The van der Waals surface area contributed by atoms with Crippen LogP contribution >= 0.6 is 12.4 Å². The summed E-state index contributed by atoms with van der Waals surface area (Å²) in [5.41, 5.74) is 0. The van der Waals surface area contributed by atoms with Crippen molar-refractivity contribution >= 4 is 18.4 Å². The van der Waals surface area contributed by atoms with Gasteiger partial charge in [0.15, 0.2) is 0 Å². The maximum atomic E-state index is 12.9. The summed E-state index contributed by atoms with van der Waals surface area (Å²) in [5, 5.41) is 11.2. The lowest BCUT2D eigenvalue weighted by atomic mass is 9.96. The lowest BCUT2D eigenvalue weighted by Crippen LogP contribution is -2.49. The summed E-state index contributed by atoms with van der Waals surface area (Å²) < 4.78 is 25.9. The largest absolute Gasteiger partial charge is 0.480 e. The number of carboxylic acid groups (broad SMARTS) is 1. The summed E-state index contributed by atoms with van der Waals surface area (Å²) in [4.78, 5) is 10.5. The second-order valence-electron chi connectivity index (χ2n) is 3.49. The first kappa shape index (κ1) is 10.7. The summed E-state index contributed by atoms with van der Waals surface area (Å²) in [6.45, 7) is 0. The van der Waals surface area contributed by atoms with Crippen LogP contribution in [0.1, 0.15) is 12.8 Å². The molecule has 0 amide bonds. The van der Waals surface area contributed by atoms with Crippen molar-refractivity contribution in [2.75, 3.05) is 0 Å². The number of carbonyl (C=O) groups is 1. The van der Waals surface area contributed by atoms with Crippen LogP contribution in [0.15, 0.2) is 0 Å². The van der Waals surface area contributed by atoms with Crippen molar-refractivity contribution in [2.24, 2.45) is 5.92 Å². The standard InChI is InChI=1S/C7H9F2NO2.ClH/c8-7(9)2-3-1-4(7)5(10-3)6(11)12;/h3-5,10H,1-2H2,(H,11,12);1H/t3-,4-,5-;/m1./s1. The van der Waals surface area contributed by atoms with E-state index in [9.17, 15) is 13.6 Å². The van der Waals surface area contributed by atoms with Crippen molar-refractivity contribution in [1.82, 2.24) is 5.32 Å². The van der Waals surface area contributed by atoms with Crippen LogP contribution in [0.4, 0.5) is 8.78 Å². The van der Waals surface area contributed by atoms with Crippen LogP contribution in [0.3, 0.4) is 0 Å². The van der Waals surface area contributed by atoms with Crippen molar-refractivity contribution < 1.29 is 18.7 Å². The number of rotatable bonds is 1. The monoisotopic (exact) mass is 213 g/mol. The average Bonchev–Trinajstić information content (AvgIpc) is 2.40. The molecule has 2 fully saturated rings. The number of aliphatic carboxylic acids is 1. The Morgan fingerprint density at radius 2 is 2.15 bits per heavy atom. The first-order chi connectivity index (χ1) is 5.50. The minimum Gasteiger partial charge on any atom is -0.480 e. The average molecular weight is 214 g/mol. The van der Waals surface area contributed by atoms with Crippen LogP contribution in [0, 0.1) is 5.92 Å². The molecule has 2 N–H and O–H groups in total. The van der Waals surface area contributed by atoms with Gasteiger partial charge in [-0.2, -0.15) is 0 Å². The van der Waals surface area contributed by atoms with Crippen molar-refractivity contribution in [3.63, 3.8) is 0 Å². The van der Waals surface area contributed by atoms with Crippen LogP contribution < -0.4 is 5.32 Å². The fourth-order valence-electron chi connectivity index (χ4n) is 2.16. The number of hydrogen-bond acceptors (Lipinski definition) is 2. The van der Waals surface area contributed by atoms with Gasteiger partial charge in [-0.25, -0.2) is 8.78 Å². The molecule has 76 valence electrons. The number of fused-ring (bicyclic) bond motifs is 2. The van der Waals surface area contributed by atoms with Crippen LogP contribution in [0.5, 0.6) is 0 Å². The molecule has 0 spiro atoms. The van der Waals surface area contributed by atoms with Crippen molar-refractivity contribution in [1.29, 1.82) is 0 Å². The predicted octanol–water partition coefficient (Wildman–Crippen LogP) is 0.878. The Hall–Kier alpha value is -0.420. The molecule has 1 aliphatic heterocycles. The molecule has 13 heavy (non-hydrogen) atoms. The molecule has 2 aliphatic rings. The van der Waals surface area contributed by atoms with E-state index in [0.29, 0.717) is 6.42 Å². The Morgan fingerprint density at radius 3 is 2.46 bits per heavy atom. The van der Waals surface area contributed by atoms with E-state index in [4.69, 9.17) is 5.11 Å². The molecule has 1 saturated heterocycles. The van der Waals surface area contributed by atoms with Gasteiger partial charge in [0.05, 0.1) is 5.92 Å². The third-order valence-corrected chi connectivity index (χ3v) is 2.68. The Kier molecular flexibility index (Phi) is 2.51. The van der Waals surface area contributed by atoms with E-state index in [1.807, 2.05) is 0 Å². The van der Waals surface area contributed by atoms with Crippen LogP contribution in [0.2, 0.25) is 0 Å². The SMILES string of the molecule is Cl.O=C(O)[C@@H]1N[C@@H]2C[C@H]1C(F)(F)C2. The van der Waals surface area contributed by atoms with E-state index >= 15 is 0 Å². The van der Waals surface area contributed by atoms with E-state index in [1.165, 1.54) is 0 Å². The highest BCUT2D eigenvalue weighted by molar-refractivity contribution is 5.85. The molecule has 0 aromatic rings. The Balaban J connectivity index is 0.000000845. The van der Waals surface area contributed by atoms with Crippen LogP contribution in [-0.4, -0.2) is 29.1 Å². The highest BCUT2D eigenvalue weighted by Gasteiger charge is 2.59. The molecule has 0 aromatic carbocycles. The summed E-state index contributed by atoms with van der Waals surface area (Å²) in [7, 11) is 0. The van der Waals surface area contributed by atoms with E-state index in [1.54, 1.807) is 0 Å². The summed E-state index contributed by atoms with van der Waals surface area (Å²) in [5.74, 6) is -4.94. The van der Waals surface area contributed by atoms with Gasteiger partial charge in [0.1, 0.15) is 6.04 Å². The van der Waals surface area contributed by atoms with Gasteiger partial charge in [-0.05, 0) is 6.42 Å². The van der Waals surface area contributed by atoms with Gasteiger partial charge >= 0.3 is 5.97 Å². The van der Waals surface area contributed by atoms with Crippen molar-refractivity contribution in [3.05, 3.63) is 0 Å². The first-order valence-electron chi connectivity index (χ1n) is 3.87. The zero-order valence-electron chi connectivity index (χ0n) is 6.67. The smallest absolute Gasteiger partial charge is 0.321 e. The molecule has 3 atom stereocenters. The zero-order valence-corrected chi connectivity index (χ0v) is 7.48. The molecule has 1 aliphatic carbocycles. The Labute approximate surface area is 79.9 Å². The highest BCUT2D eigenvalue weighted by atomic mass is 35.5. The third-order valence-electron chi connectivity index (χ3n) is 2.68. The van der Waals surface area contributed by atoms with Gasteiger partial charge in [0.2, 0.25) is 0 Å². The van der Waals surface area contributed by atoms with Crippen LogP contribution in [0.25, 0.3) is 0 Å². The Morgan fingerprint density at radius 1 is 1.54 bits per heavy atom. The van der Waals surface area contributed by atoms with Gasteiger partial charge in [0.25, 0.3) is 5.92 Å². The normalized spacial score (nSPS) is 40.0. The maximum Gasteiger partial charge on any atom is 0.321 e. The minimum atomic E-state index is -2.78. The van der Waals surface area contributed by atoms with Crippen molar-refractivity contribution in [2.45, 2.75) is 30.8 Å². The van der Waals surface area contributed by atoms with Crippen molar-refractivity contribution in [3.8, 4) is 0 Å². The minimum absolute atomic E-state index is 0. The second kappa shape index (κ2) is 3.06. The predicted molar refractivity (Wildman–Crippen MR) is 43.3 cm³/mol. The summed E-state index contributed by atoms with van der Waals surface area (Å²) in [6, 6.07) is -1.34. The Bertz CT molecular complexity index is 237. The zero-order chi connectivity index (χ0) is 8.93. The summed E-state index contributed by atoms with van der Waals surface area (Å²) >= 11 is 0. The molecule has 1 heterocycles. The van der Waals surface area contributed by atoms with Crippen LogP contribution in [-0.2, 0) is 4.79 Å². The lowest BCUT2D eigenvalue weighted by Gasteiger charge is -2.27. The van der Waals surface area contributed by atoms with Gasteiger partial charge < -0.3 is 10.4 Å². The van der Waals surface area contributed by atoms with Gasteiger partial charge in [0, 0.05) is 12.5 Å². The number of hydrogen-bond donors (Lipinski definition) is 2. The second-order valence-corrected chi connectivity index (χ2v) is 3.49. The molecular formula is C7H10ClF2NO2. The number of halogens is 3. The number of carboxylic acids is 1. The van der Waals surface area contributed by atoms with Gasteiger partial charge in [-0.1, -0.05) is 0 Å². The summed E-state index contributed by atoms with van der Waals surface area (Å²) in [6.07, 6.45) is 0.0887. The molecule has 0 unspecified atom stereocenters. The molecule has 6 heteroatoms. The lowest BCUT2D eigenvalue weighted by molar-refractivity contribution is -0.147.